The van der Waals surface area contributed by atoms with Crippen LogP contribution in [0.4, 0.5) is 0 Å². The second-order valence-electron chi connectivity index (χ2n) is 2.57. The Hall–Kier alpha value is -1.53. The molecule has 0 bridgehead atoms. The van der Waals surface area contributed by atoms with Crippen LogP contribution >= 0.6 is 0 Å². The SMILES string of the molecule is N#CCc1cccc2c1COO2. The summed E-state index contributed by atoms with van der Waals surface area (Å²) in [6.45, 7) is 0.452. The summed E-state index contributed by atoms with van der Waals surface area (Å²) in [5, 5.41) is 8.52. The fourth-order valence-electron chi connectivity index (χ4n) is 1.26. The highest BCUT2D eigenvalue weighted by Gasteiger charge is 2.16. The maximum atomic E-state index is 8.52. The van der Waals surface area contributed by atoms with Gasteiger partial charge in [0.05, 0.1) is 12.5 Å². The van der Waals surface area contributed by atoms with Gasteiger partial charge in [0.2, 0.25) is 0 Å². The predicted octanol–water partition coefficient (Wildman–Crippen LogP) is 1.58. The van der Waals surface area contributed by atoms with Crippen LogP contribution in [0.5, 0.6) is 5.75 Å². The molecule has 1 aromatic carbocycles. The summed E-state index contributed by atoms with van der Waals surface area (Å²) in [5.74, 6) is 0.739. The van der Waals surface area contributed by atoms with Gasteiger partial charge < -0.3 is 4.89 Å². The largest absolute Gasteiger partial charge is 0.337 e. The molecule has 0 fully saturated rings. The Balaban J connectivity index is 2.44. The number of nitrogens with zero attached hydrogens (tertiary/aromatic N) is 1. The van der Waals surface area contributed by atoms with Crippen molar-refractivity contribution in [1.82, 2.24) is 0 Å². The Kier molecular flexibility index (Phi) is 1.69. The summed E-state index contributed by atoms with van der Waals surface area (Å²) in [6.07, 6.45) is 0.413. The number of rotatable bonds is 1. The van der Waals surface area contributed by atoms with Crippen molar-refractivity contribution in [3.8, 4) is 11.8 Å². The summed E-state index contributed by atoms with van der Waals surface area (Å²) in [6, 6.07) is 7.72. The van der Waals surface area contributed by atoms with Gasteiger partial charge >= 0.3 is 0 Å². The van der Waals surface area contributed by atoms with Crippen LogP contribution in [0.15, 0.2) is 18.2 Å². The molecule has 1 heterocycles. The molecule has 0 aliphatic carbocycles. The molecule has 2 rings (SSSR count). The Morgan fingerprint density at radius 3 is 3.25 bits per heavy atom. The van der Waals surface area contributed by atoms with E-state index in [1.54, 1.807) is 0 Å². The van der Waals surface area contributed by atoms with E-state index in [0.29, 0.717) is 13.0 Å². The Morgan fingerprint density at radius 1 is 1.50 bits per heavy atom. The smallest absolute Gasteiger partial charge is 0.171 e. The van der Waals surface area contributed by atoms with Crippen molar-refractivity contribution in [3.05, 3.63) is 29.3 Å². The molecule has 0 radical (unpaired) electrons. The summed E-state index contributed by atoms with van der Waals surface area (Å²) in [5.41, 5.74) is 1.99. The highest BCUT2D eigenvalue weighted by Crippen LogP contribution is 2.28. The maximum Gasteiger partial charge on any atom is 0.171 e. The molecular formula is C9H7NO2. The Labute approximate surface area is 70.1 Å². The zero-order valence-corrected chi connectivity index (χ0v) is 6.41. The molecule has 0 saturated heterocycles. The standard InChI is InChI=1S/C9H7NO2/c10-5-4-7-2-1-3-9-8(7)6-11-12-9/h1-3H,4,6H2. The molecule has 0 N–H and O–H groups in total. The molecule has 0 aromatic heterocycles. The molecular weight excluding hydrogens is 154 g/mol. The average Bonchev–Trinajstić information content (AvgIpc) is 2.53. The number of hydrogen-bond donors (Lipinski definition) is 0. The summed E-state index contributed by atoms with van der Waals surface area (Å²) in [4.78, 5) is 9.67. The highest BCUT2D eigenvalue weighted by molar-refractivity contribution is 5.41. The number of hydrogen-bond acceptors (Lipinski definition) is 3. The normalized spacial score (nSPS) is 13.2. The first-order chi connectivity index (χ1) is 5.92. The topological polar surface area (TPSA) is 42.2 Å². The lowest BCUT2D eigenvalue weighted by Gasteiger charge is -1.98. The van der Waals surface area contributed by atoms with Crippen molar-refractivity contribution < 1.29 is 9.78 Å². The molecule has 60 valence electrons. The number of fused-ring (bicyclic) bond motifs is 1. The highest BCUT2D eigenvalue weighted by atomic mass is 17.2. The Morgan fingerprint density at radius 2 is 2.42 bits per heavy atom. The van der Waals surface area contributed by atoms with Crippen LogP contribution in [0.1, 0.15) is 11.1 Å². The summed E-state index contributed by atoms with van der Waals surface area (Å²) in [7, 11) is 0. The maximum absolute atomic E-state index is 8.52. The van der Waals surface area contributed by atoms with Gasteiger partial charge in [-0.05, 0) is 11.6 Å². The minimum Gasteiger partial charge on any atom is -0.337 e. The molecule has 0 amide bonds. The van der Waals surface area contributed by atoms with Crippen molar-refractivity contribution >= 4 is 0 Å². The lowest BCUT2D eigenvalue weighted by atomic mass is 10.1. The fraction of sp³-hybridized carbons (Fsp3) is 0.222. The van der Waals surface area contributed by atoms with E-state index in [2.05, 4.69) is 6.07 Å². The van der Waals surface area contributed by atoms with Gasteiger partial charge in [0, 0.05) is 5.56 Å². The van der Waals surface area contributed by atoms with Crippen LogP contribution in [0, 0.1) is 11.3 Å². The fourth-order valence-corrected chi connectivity index (χ4v) is 1.26. The summed E-state index contributed by atoms with van der Waals surface area (Å²) < 4.78 is 0. The van der Waals surface area contributed by atoms with E-state index >= 15 is 0 Å². The van der Waals surface area contributed by atoms with E-state index in [9.17, 15) is 0 Å². The van der Waals surface area contributed by atoms with Crippen molar-refractivity contribution in [2.75, 3.05) is 0 Å². The van der Waals surface area contributed by atoms with Crippen molar-refractivity contribution in [2.45, 2.75) is 13.0 Å². The molecule has 1 aliphatic rings. The first-order valence-corrected chi connectivity index (χ1v) is 3.69. The second kappa shape index (κ2) is 2.84. The zero-order valence-electron chi connectivity index (χ0n) is 6.41. The van der Waals surface area contributed by atoms with Gasteiger partial charge in [-0.25, -0.2) is 0 Å². The monoisotopic (exact) mass is 161 g/mol. The third kappa shape index (κ3) is 1.03. The quantitative estimate of drug-likeness (QED) is 0.587. The van der Waals surface area contributed by atoms with E-state index in [4.69, 9.17) is 15.0 Å². The molecule has 1 aliphatic heterocycles. The first kappa shape index (κ1) is 7.14. The van der Waals surface area contributed by atoms with Crippen LogP contribution < -0.4 is 4.89 Å². The molecule has 0 unspecified atom stereocenters. The third-order valence-corrected chi connectivity index (χ3v) is 1.85. The van der Waals surface area contributed by atoms with E-state index in [-0.39, 0.29) is 0 Å². The van der Waals surface area contributed by atoms with Gasteiger partial charge in [-0.2, -0.15) is 10.1 Å². The van der Waals surface area contributed by atoms with Crippen LogP contribution in [-0.2, 0) is 17.9 Å². The van der Waals surface area contributed by atoms with Crippen molar-refractivity contribution in [2.24, 2.45) is 0 Å². The van der Waals surface area contributed by atoms with E-state index in [1.165, 1.54) is 0 Å². The van der Waals surface area contributed by atoms with Gasteiger partial charge in [0.15, 0.2) is 5.75 Å². The lowest BCUT2D eigenvalue weighted by Crippen LogP contribution is -1.88. The van der Waals surface area contributed by atoms with Crippen LogP contribution in [-0.4, -0.2) is 0 Å². The van der Waals surface area contributed by atoms with E-state index < -0.39 is 0 Å². The molecule has 0 spiro atoms. The van der Waals surface area contributed by atoms with Gasteiger partial charge in [0.25, 0.3) is 0 Å². The minimum atomic E-state index is 0.413. The lowest BCUT2D eigenvalue weighted by molar-refractivity contribution is -0.194. The molecule has 3 heteroatoms. The summed E-state index contributed by atoms with van der Waals surface area (Å²) >= 11 is 0. The van der Waals surface area contributed by atoms with E-state index in [1.807, 2.05) is 18.2 Å². The number of benzene rings is 1. The first-order valence-electron chi connectivity index (χ1n) is 3.69. The molecule has 12 heavy (non-hydrogen) atoms. The van der Waals surface area contributed by atoms with Crippen molar-refractivity contribution in [3.63, 3.8) is 0 Å². The van der Waals surface area contributed by atoms with E-state index in [0.717, 1.165) is 16.9 Å². The predicted molar refractivity (Wildman–Crippen MR) is 41.2 cm³/mol. The zero-order chi connectivity index (χ0) is 8.39. The van der Waals surface area contributed by atoms with Gasteiger partial charge in [-0.3, -0.25) is 0 Å². The number of nitriles is 1. The third-order valence-electron chi connectivity index (χ3n) is 1.85. The molecule has 0 saturated carbocycles. The molecule has 1 aromatic rings. The van der Waals surface area contributed by atoms with Gasteiger partial charge in [0.1, 0.15) is 6.61 Å². The average molecular weight is 161 g/mol. The van der Waals surface area contributed by atoms with Crippen LogP contribution in [0.3, 0.4) is 0 Å². The van der Waals surface area contributed by atoms with Crippen molar-refractivity contribution in [1.29, 1.82) is 5.26 Å². The second-order valence-corrected chi connectivity index (χ2v) is 2.57. The minimum absolute atomic E-state index is 0.413. The van der Waals surface area contributed by atoms with Crippen LogP contribution in [0.25, 0.3) is 0 Å². The molecule has 0 atom stereocenters. The molecule has 3 nitrogen and oxygen atoms in total. The Bertz CT molecular complexity index is 341. The van der Waals surface area contributed by atoms with Crippen LogP contribution in [0.2, 0.25) is 0 Å². The van der Waals surface area contributed by atoms with Gasteiger partial charge in [-0.1, -0.05) is 12.1 Å². The van der Waals surface area contributed by atoms with Gasteiger partial charge in [-0.15, -0.1) is 0 Å².